The van der Waals surface area contributed by atoms with E-state index in [4.69, 9.17) is 9.78 Å². The van der Waals surface area contributed by atoms with Crippen LogP contribution in [0.25, 0.3) is 0 Å². The largest absolute Gasteiger partial charge is 0.504 e. The Morgan fingerprint density at radius 2 is 1.11 bits per heavy atom. The van der Waals surface area contributed by atoms with Crippen LogP contribution < -0.4 is 9.78 Å². The summed E-state index contributed by atoms with van der Waals surface area (Å²) in [4.78, 5) is 10.2. The second kappa shape index (κ2) is 6.64. The molecule has 0 aliphatic carbocycles. The van der Waals surface area contributed by atoms with Crippen LogP contribution in [0.2, 0.25) is 0 Å². The van der Waals surface area contributed by atoms with Gasteiger partial charge in [-0.3, -0.25) is 9.78 Å². The summed E-state index contributed by atoms with van der Waals surface area (Å²) in [5, 5.41) is 50.0. The molecule has 0 aliphatic heterocycles. The van der Waals surface area contributed by atoms with E-state index in [0.29, 0.717) is 11.1 Å². The number of aromatic hydroxyl groups is 5. The molecule has 2 aromatic carbocycles. The van der Waals surface area contributed by atoms with Crippen LogP contribution in [0.1, 0.15) is 52.7 Å². The molecular formula is C20H26O7. The van der Waals surface area contributed by atoms with E-state index in [1.807, 2.05) is 20.8 Å². The van der Waals surface area contributed by atoms with Gasteiger partial charge in [-0.15, -0.1) is 0 Å². The second-order valence-electron chi connectivity index (χ2n) is 8.48. The Morgan fingerprint density at radius 3 is 1.59 bits per heavy atom. The van der Waals surface area contributed by atoms with E-state index in [0.717, 1.165) is 0 Å². The zero-order chi connectivity index (χ0) is 20.7. The summed E-state index contributed by atoms with van der Waals surface area (Å²) in [5.74, 6) is -3.23. The normalized spacial score (nSPS) is 12.1. The molecule has 0 saturated carbocycles. The molecule has 0 radical (unpaired) electrons. The molecule has 0 heterocycles. The first-order chi connectivity index (χ1) is 12.2. The Kier molecular flexibility index (Phi) is 5.01. The van der Waals surface area contributed by atoms with Gasteiger partial charge in [0, 0.05) is 5.56 Å². The van der Waals surface area contributed by atoms with Crippen molar-refractivity contribution in [1.82, 2.24) is 0 Å². The molecule has 0 unspecified atom stereocenters. The van der Waals surface area contributed by atoms with Gasteiger partial charge < -0.3 is 25.5 Å². The highest BCUT2D eigenvalue weighted by Crippen LogP contribution is 2.48. The van der Waals surface area contributed by atoms with Crippen LogP contribution in [0.4, 0.5) is 0 Å². The van der Waals surface area contributed by atoms with Gasteiger partial charge in [-0.2, -0.15) is 0 Å². The molecule has 0 bridgehead atoms. The minimum Gasteiger partial charge on any atom is -0.504 e. The van der Waals surface area contributed by atoms with Crippen molar-refractivity contribution in [3.05, 3.63) is 29.3 Å². The standard InChI is InChI=1S/C20H26O7/c1-19(2,3)10-7-12(21)16(23)13(8-10)26-27-14-9-11(20(4,5)6)15(22)18(25)17(14)24/h7-9,21-25H,1-6H3. The van der Waals surface area contributed by atoms with Crippen LogP contribution in [0.5, 0.6) is 40.2 Å². The number of rotatable bonds is 3. The van der Waals surface area contributed by atoms with E-state index in [1.54, 1.807) is 20.8 Å². The Morgan fingerprint density at radius 1 is 0.593 bits per heavy atom. The lowest BCUT2D eigenvalue weighted by molar-refractivity contribution is -0.104. The third-order valence-corrected chi connectivity index (χ3v) is 4.16. The zero-order valence-corrected chi connectivity index (χ0v) is 16.3. The highest BCUT2D eigenvalue weighted by molar-refractivity contribution is 5.62. The van der Waals surface area contributed by atoms with Gasteiger partial charge in [0.25, 0.3) is 0 Å². The molecule has 7 heteroatoms. The van der Waals surface area contributed by atoms with Crippen molar-refractivity contribution in [3.8, 4) is 40.2 Å². The third-order valence-electron chi connectivity index (χ3n) is 4.16. The molecule has 5 N–H and O–H groups in total. The van der Waals surface area contributed by atoms with Gasteiger partial charge in [0.05, 0.1) is 0 Å². The summed E-state index contributed by atoms with van der Waals surface area (Å²) < 4.78 is 0. The second-order valence-corrected chi connectivity index (χ2v) is 8.48. The van der Waals surface area contributed by atoms with Gasteiger partial charge in [0.1, 0.15) is 0 Å². The highest BCUT2D eigenvalue weighted by atomic mass is 17.2. The number of phenols is 5. The Labute approximate surface area is 158 Å². The first-order valence-electron chi connectivity index (χ1n) is 8.42. The van der Waals surface area contributed by atoms with Gasteiger partial charge in [-0.05, 0) is 34.6 Å². The van der Waals surface area contributed by atoms with Crippen molar-refractivity contribution in [2.45, 2.75) is 52.4 Å². The van der Waals surface area contributed by atoms with Crippen molar-refractivity contribution in [3.63, 3.8) is 0 Å². The molecule has 0 atom stereocenters. The molecule has 148 valence electrons. The van der Waals surface area contributed by atoms with E-state index >= 15 is 0 Å². The summed E-state index contributed by atoms with van der Waals surface area (Å²) in [7, 11) is 0. The van der Waals surface area contributed by atoms with E-state index in [1.165, 1.54) is 18.2 Å². The lowest BCUT2D eigenvalue weighted by Gasteiger charge is -2.23. The molecular weight excluding hydrogens is 352 g/mol. The van der Waals surface area contributed by atoms with Crippen LogP contribution >= 0.6 is 0 Å². The summed E-state index contributed by atoms with van der Waals surface area (Å²) in [5.41, 5.74) is 0.123. The van der Waals surface area contributed by atoms with E-state index < -0.39 is 28.4 Å². The lowest BCUT2D eigenvalue weighted by Crippen LogP contribution is -2.13. The average molecular weight is 378 g/mol. The van der Waals surface area contributed by atoms with Crippen molar-refractivity contribution < 1.29 is 35.3 Å². The van der Waals surface area contributed by atoms with Gasteiger partial charge in [-0.25, -0.2) is 0 Å². The monoisotopic (exact) mass is 378 g/mol. The van der Waals surface area contributed by atoms with Crippen LogP contribution in [0, 0.1) is 0 Å². The maximum atomic E-state index is 10.1. The molecule has 7 nitrogen and oxygen atoms in total. The Bertz CT molecular complexity index is 858. The van der Waals surface area contributed by atoms with Crippen molar-refractivity contribution in [1.29, 1.82) is 0 Å². The SMILES string of the molecule is CC(C)(C)c1cc(O)c(O)c(OOc2cc(C(C)(C)C)c(O)c(O)c2O)c1. The quantitative estimate of drug-likeness (QED) is 0.309. The molecule has 0 spiro atoms. The van der Waals surface area contributed by atoms with Crippen LogP contribution in [-0.4, -0.2) is 25.5 Å². The lowest BCUT2D eigenvalue weighted by atomic mass is 9.86. The fourth-order valence-electron chi connectivity index (χ4n) is 2.44. The first kappa shape index (κ1) is 20.4. The molecule has 2 rings (SSSR count). The highest BCUT2D eigenvalue weighted by Gasteiger charge is 2.27. The van der Waals surface area contributed by atoms with Gasteiger partial charge in [0.2, 0.25) is 28.7 Å². The van der Waals surface area contributed by atoms with Crippen molar-refractivity contribution in [2.24, 2.45) is 0 Å². The van der Waals surface area contributed by atoms with Crippen LogP contribution in [0.15, 0.2) is 18.2 Å². The first-order valence-corrected chi connectivity index (χ1v) is 8.42. The number of phenolic OH excluding ortho intramolecular Hbond substituents is 5. The minimum absolute atomic E-state index is 0.163. The molecule has 0 amide bonds. The predicted octanol–water partition coefficient (Wildman–Crippen LogP) is 4.18. The van der Waals surface area contributed by atoms with Crippen molar-refractivity contribution >= 4 is 0 Å². The Balaban J connectivity index is 2.43. The van der Waals surface area contributed by atoms with Gasteiger partial charge in [0.15, 0.2) is 11.5 Å². The summed E-state index contributed by atoms with van der Waals surface area (Å²) >= 11 is 0. The van der Waals surface area contributed by atoms with E-state index in [-0.39, 0.29) is 22.7 Å². The number of hydrogen-bond donors (Lipinski definition) is 5. The minimum atomic E-state index is -0.739. The molecule has 27 heavy (non-hydrogen) atoms. The number of hydrogen-bond acceptors (Lipinski definition) is 7. The Hall–Kier alpha value is -2.96. The van der Waals surface area contributed by atoms with E-state index in [9.17, 15) is 25.5 Å². The third kappa shape index (κ3) is 4.07. The molecule has 0 fully saturated rings. The summed E-state index contributed by atoms with van der Waals surface area (Å²) in [6.45, 7) is 11.2. The molecule has 0 aliphatic rings. The smallest absolute Gasteiger partial charge is 0.224 e. The number of benzene rings is 2. The van der Waals surface area contributed by atoms with Crippen LogP contribution in [-0.2, 0) is 10.8 Å². The van der Waals surface area contributed by atoms with Crippen molar-refractivity contribution in [2.75, 3.05) is 0 Å². The summed E-state index contributed by atoms with van der Waals surface area (Å²) in [6, 6.07) is 4.25. The molecule has 0 aromatic heterocycles. The van der Waals surface area contributed by atoms with Crippen LogP contribution in [0.3, 0.4) is 0 Å². The fourth-order valence-corrected chi connectivity index (χ4v) is 2.44. The average Bonchev–Trinajstić information content (AvgIpc) is 2.53. The molecule has 2 aromatic rings. The molecule has 0 saturated heterocycles. The summed E-state index contributed by atoms with van der Waals surface area (Å²) in [6.07, 6.45) is 0. The zero-order valence-electron chi connectivity index (χ0n) is 16.3. The topological polar surface area (TPSA) is 120 Å². The van der Waals surface area contributed by atoms with E-state index in [2.05, 4.69) is 0 Å². The maximum absolute atomic E-state index is 10.1. The van der Waals surface area contributed by atoms with Gasteiger partial charge >= 0.3 is 0 Å². The predicted molar refractivity (Wildman–Crippen MR) is 99.9 cm³/mol. The van der Waals surface area contributed by atoms with Gasteiger partial charge in [-0.1, -0.05) is 41.5 Å². The maximum Gasteiger partial charge on any atom is 0.224 e. The fraction of sp³-hybridized carbons (Fsp3) is 0.400.